The van der Waals surface area contributed by atoms with Gasteiger partial charge in [-0.05, 0) is 55.8 Å². The normalized spacial score (nSPS) is 14.2. The third-order valence-corrected chi connectivity index (χ3v) is 7.28. The summed E-state index contributed by atoms with van der Waals surface area (Å²) in [4.78, 5) is 28.5. The van der Waals surface area contributed by atoms with E-state index in [2.05, 4.69) is 16.0 Å². The van der Waals surface area contributed by atoms with Crippen LogP contribution >= 0.6 is 0 Å². The number of amides is 2. The van der Waals surface area contributed by atoms with E-state index in [4.69, 9.17) is 9.84 Å². The third kappa shape index (κ3) is 4.33. The Morgan fingerprint density at radius 3 is 2.48 bits per heavy atom. The molecule has 0 fully saturated rings. The number of benzene rings is 3. The molecule has 8 heteroatoms. The van der Waals surface area contributed by atoms with E-state index in [-0.39, 0.29) is 11.6 Å². The molecule has 0 saturated heterocycles. The molecule has 6 rings (SSSR count). The molecule has 1 N–H and O–H groups in total. The number of anilines is 1. The second kappa shape index (κ2) is 10.2. The maximum atomic E-state index is 14.2. The fourth-order valence-electron chi connectivity index (χ4n) is 5.41. The van der Waals surface area contributed by atoms with Crippen molar-refractivity contribution < 1.29 is 14.3 Å². The van der Waals surface area contributed by atoms with Crippen molar-refractivity contribution in [1.29, 1.82) is 0 Å². The first-order valence-electron chi connectivity index (χ1n) is 13.1. The van der Waals surface area contributed by atoms with Crippen LogP contribution in [0.4, 0.5) is 10.5 Å². The van der Waals surface area contributed by atoms with Gasteiger partial charge >= 0.3 is 12.0 Å². The van der Waals surface area contributed by atoms with E-state index in [0.29, 0.717) is 12.2 Å². The topological polar surface area (TPSA) is 81.4 Å². The summed E-state index contributed by atoms with van der Waals surface area (Å²) >= 11 is 0. The number of rotatable bonds is 4. The molecule has 2 aromatic heterocycles. The predicted molar refractivity (Wildman–Crippen MR) is 153 cm³/mol. The molecule has 0 unspecified atom stereocenters. The fraction of sp³-hybridized carbons (Fsp3) is 0.156. The van der Waals surface area contributed by atoms with E-state index in [1.54, 1.807) is 24.3 Å². The van der Waals surface area contributed by atoms with E-state index in [1.807, 2.05) is 90.3 Å². The van der Waals surface area contributed by atoms with Crippen LogP contribution in [0, 0.1) is 13.8 Å². The number of urea groups is 1. The molecule has 1 aliphatic rings. The number of carbonyl (C=O) groups excluding carboxylic acids is 2. The number of methoxy groups -OCH3 is 1. The van der Waals surface area contributed by atoms with Crippen molar-refractivity contribution >= 4 is 17.7 Å². The summed E-state index contributed by atoms with van der Waals surface area (Å²) in [5.74, 6) is 0.379. The molecule has 8 nitrogen and oxygen atoms in total. The minimum absolute atomic E-state index is 0.289. The molecular formula is C32H29N5O3. The fourth-order valence-corrected chi connectivity index (χ4v) is 5.41. The highest BCUT2D eigenvalue weighted by Gasteiger charge is 2.36. The molecule has 0 aliphatic carbocycles. The minimum Gasteiger partial charge on any atom is -0.465 e. The summed E-state index contributed by atoms with van der Waals surface area (Å²) in [6, 6.07) is 28.4. The Hall–Kier alpha value is -5.11. The number of aromatic nitrogens is 3. The highest BCUT2D eigenvalue weighted by molar-refractivity contribution is 6.01. The molecule has 0 radical (unpaired) electrons. The van der Waals surface area contributed by atoms with Crippen molar-refractivity contribution in [2.45, 2.75) is 26.4 Å². The van der Waals surface area contributed by atoms with Gasteiger partial charge < -0.3 is 19.5 Å². The number of para-hydroxylation sites is 2. The third-order valence-electron chi connectivity index (χ3n) is 7.28. The smallest absolute Gasteiger partial charge is 0.339 e. The maximum Gasteiger partial charge on any atom is 0.339 e. The van der Waals surface area contributed by atoms with Crippen molar-refractivity contribution in [2.24, 2.45) is 0 Å². The number of nitrogens with one attached hydrogen (secondary N) is 1. The lowest BCUT2D eigenvalue weighted by Gasteiger charge is -2.31. The lowest BCUT2D eigenvalue weighted by atomic mass is 10.00. The average molecular weight is 532 g/mol. The molecule has 40 heavy (non-hydrogen) atoms. The van der Waals surface area contributed by atoms with Crippen molar-refractivity contribution in [3.05, 3.63) is 131 Å². The zero-order chi connectivity index (χ0) is 27.8. The Kier molecular flexibility index (Phi) is 6.43. The first-order valence-corrected chi connectivity index (χ1v) is 13.1. The molecule has 3 heterocycles. The number of hydrogen-bond acceptors (Lipinski definition) is 4. The SMILES string of the molecule is COC(=O)c1ccccc1NC(=O)N1Cc2c(C)nn(-c3ccccc3)c2-n2cccc2[C@@H]1c1cccc(C)c1. The van der Waals surface area contributed by atoms with E-state index in [0.717, 1.165) is 39.6 Å². The number of ether oxygens (including phenoxy) is 1. The van der Waals surface area contributed by atoms with Gasteiger partial charge in [-0.25, -0.2) is 14.3 Å². The lowest BCUT2D eigenvalue weighted by molar-refractivity contribution is 0.0602. The molecule has 0 bridgehead atoms. The molecule has 2 amide bonds. The second-order valence-corrected chi connectivity index (χ2v) is 9.85. The van der Waals surface area contributed by atoms with Crippen molar-refractivity contribution in [3.8, 4) is 11.5 Å². The Balaban J connectivity index is 1.53. The number of esters is 1. The molecule has 1 atom stereocenters. The van der Waals surface area contributed by atoms with Crippen LogP contribution in [0.5, 0.6) is 0 Å². The van der Waals surface area contributed by atoms with E-state index in [9.17, 15) is 9.59 Å². The molecule has 0 saturated carbocycles. The van der Waals surface area contributed by atoms with Crippen LogP contribution in [0.1, 0.15) is 44.5 Å². The number of aryl methyl sites for hydroxylation is 2. The van der Waals surface area contributed by atoms with Gasteiger partial charge in [0.2, 0.25) is 0 Å². The minimum atomic E-state index is -0.516. The van der Waals surface area contributed by atoms with Gasteiger partial charge in [-0.1, -0.05) is 60.2 Å². The summed E-state index contributed by atoms with van der Waals surface area (Å²) < 4.78 is 9.02. The lowest BCUT2D eigenvalue weighted by Crippen LogP contribution is -2.38. The van der Waals surface area contributed by atoms with Crippen molar-refractivity contribution in [2.75, 3.05) is 12.4 Å². The van der Waals surface area contributed by atoms with E-state index in [1.165, 1.54) is 7.11 Å². The molecule has 1 aliphatic heterocycles. The highest BCUT2D eigenvalue weighted by atomic mass is 16.5. The van der Waals surface area contributed by atoms with Gasteiger partial charge in [0.15, 0.2) is 0 Å². The number of hydrogen-bond donors (Lipinski definition) is 1. The van der Waals surface area contributed by atoms with Crippen LogP contribution in [0.25, 0.3) is 11.5 Å². The van der Waals surface area contributed by atoms with Gasteiger partial charge in [-0.15, -0.1) is 0 Å². The van der Waals surface area contributed by atoms with E-state index >= 15 is 0 Å². The summed E-state index contributed by atoms with van der Waals surface area (Å²) in [7, 11) is 1.33. The largest absolute Gasteiger partial charge is 0.465 e. The standard InChI is InChI=1S/C32H29N5O3/c1-21-11-9-12-23(19-21)29-28-17-10-18-35(28)30-26(22(2)34-37(30)24-13-5-4-6-14-24)20-36(29)32(39)33-27-16-8-7-15-25(27)31(38)40-3/h4-19,29H,20H2,1-3H3,(H,33,39)/t29-/m0/s1. The second-order valence-electron chi connectivity index (χ2n) is 9.85. The number of fused-ring (bicyclic) bond motifs is 3. The Morgan fingerprint density at radius 2 is 1.70 bits per heavy atom. The average Bonchev–Trinajstić information content (AvgIpc) is 3.53. The van der Waals surface area contributed by atoms with E-state index < -0.39 is 12.0 Å². The van der Waals surface area contributed by atoms with Gasteiger partial charge in [0, 0.05) is 11.8 Å². The maximum absolute atomic E-state index is 14.2. The Morgan fingerprint density at radius 1 is 0.925 bits per heavy atom. The quantitative estimate of drug-likeness (QED) is 0.280. The van der Waals surface area contributed by atoms with Gasteiger partial charge in [0.1, 0.15) is 5.82 Å². The number of carbonyl (C=O) groups is 2. The van der Waals surface area contributed by atoms with Crippen molar-refractivity contribution in [1.82, 2.24) is 19.2 Å². The predicted octanol–water partition coefficient (Wildman–Crippen LogP) is 6.20. The summed E-state index contributed by atoms with van der Waals surface area (Å²) in [6.07, 6.45) is 2.02. The zero-order valence-corrected chi connectivity index (χ0v) is 22.5. The summed E-state index contributed by atoms with van der Waals surface area (Å²) in [6.45, 7) is 4.32. The van der Waals surface area contributed by atoms with Crippen LogP contribution in [0.3, 0.4) is 0 Å². The molecular weight excluding hydrogens is 502 g/mol. The molecule has 200 valence electrons. The van der Waals surface area contributed by atoms with Crippen LogP contribution in [0.15, 0.2) is 97.2 Å². The van der Waals surface area contributed by atoms with Crippen molar-refractivity contribution in [3.63, 3.8) is 0 Å². The molecule has 3 aromatic carbocycles. The Bertz CT molecular complexity index is 1720. The van der Waals surface area contributed by atoms with Gasteiger partial charge in [0.25, 0.3) is 0 Å². The first-order chi connectivity index (χ1) is 19.5. The zero-order valence-electron chi connectivity index (χ0n) is 22.5. The Labute approximate surface area is 232 Å². The summed E-state index contributed by atoms with van der Waals surface area (Å²) in [5, 5.41) is 7.90. The molecule has 0 spiro atoms. The van der Waals surface area contributed by atoms with Gasteiger partial charge in [0.05, 0.1) is 48.0 Å². The number of nitrogens with zero attached hydrogens (tertiary/aromatic N) is 4. The van der Waals surface area contributed by atoms with Crippen LogP contribution in [-0.2, 0) is 11.3 Å². The van der Waals surface area contributed by atoms with Crippen LogP contribution < -0.4 is 5.32 Å². The monoisotopic (exact) mass is 531 g/mol. The summed E-state index contributed by atoms with van der Waals surface area (Å²) in [5.41, 5.74) is 6.39. The van der Waals surface area contributed by atoms with Gasteiger partial charge in [-0.3, -0.25) is 0 Å². The highest BCUT2D eigenvalue weighted by Crippen LogP contribution is 2.39. The first kappa shape index (κ1) is 25.2. The van der Waals surface area contributed by atoms with Crippen LogP contribution in [0.2, 0.25) is 0 Å². The molecule has 5 aromatic rings. The van der Waals surface area contributed by atoms with Gasteiger partial charge in [-0.2, -0.15) is 5.10 Å². The van der Waals surface area contributed by atoms with Crippen LogP contribution in [-0.4, -0.2) is 38.4 Å².